The zero-order valence-electron chi connectivity index (χ0n) is 14.6. The van der Waals surface area contributed by atoms with Crippen molar-refractivity contribution in [3.63, 3.8) is 0 Å². The molecule has 0 atom stereocenters. The van der Waals surface area contributed by atoms with Gasteiger partial charge in [0.15, 0.2) is 0 Å². The summed E-state index contributed by atoms with van der Waals surface area (Å²) in [5.74, 6) is -0.527. The first-order valence-corrected chi connectivity index (χ1v) is 9.62. The highest BCUT2D eigenvalue weighted by Crippen LogP contribution is 2.27. The Bertz CT molecular complexity index is 1350. The maximum absolute atomic E-state index is 13.3. The van der Waals surface area contributed by atoms with Crippen LogP contribution in [-0.2, 0) is 0 Å². The van der Waals surface area contributed by atoms with Gasteiger partial charge >= 0.3 is 5.63 Å². The van der Waals surface area contributed by atoms with Crippen molar-refractivity contribution in [1.82, 2.24) is 4.98 Å². The van der Waals surface area contributed by atoms with Gasteiger partial charge in [0.1, 0.15) is 28.1 Å². The number of nitrogens with one attached hydrogen (secondary N) is 1. The Balaban J connectivity index is 1.65. The SMILES string of the molecule is N#CC(=CNc1ccc(F)c(Cl)c1)c1nc(-c2cc3ccccc3oc2=O)cs1. The minimum atomic E-state index is -0.527. The first kappa shape index (κ1) is 18.9. The van der Waals surface area contributed by atoms with Crippen LogP contribution in [0, 0.1) is 17.1 Å². The van der Waals surface area contributed by atoms with Crippen molar-refractivity contribution in [2.24, 2.45) is 0 Å². The van der Waals surface area contributed by atoms with Crippen LogP contribution in [0.5, 0.6) is 0 Å². The van der Waals surface area contributed by atoms with Crippen molar-refractivity contribution in [1.29, 1.82) is 5.26 Å². The zero-order chi connectivity index (χ0) is 20.4. The quantitative estimate of drug-likeness (QED) is 0.337. The smallest absolute Gasteiger partial charge is 0.345 e. The second kappa shape index (κ2) is 7.87. The van der Waals surface area contributed by atoms with Gasteiger partial charge in [-0.15, -0.1) is 11.3 Å². The predicted molar refractivity (Wildman–Crippen MR) is 112 cm³/mol. The molecule has 2 aromatic heterocycles. The number of para-hydroxylation sites is 1. The van der Waals surface area contributed by atoms with E-state index in [0.29, 0.717) is 27.5 Å². The number of aromatic nitrogens is 1. The van der Waals surface area contributed by atoms with Gasteiger partial charge in [-0.2, -0.15) is 5.26 Å². The van der Waals surface area contributed by atoms with Crippen molar-refractivity contribution in [2.75, 3.05) is 5.32 Å². The monoisotopic (exact) mass is 423 g/mol. The lowest BCUT2D eigenvalue weighted by molar-refractivity contribution is 0.563. The zero-order valence-corrected chi connectivity index (χ0v) is 16.2. The van der Waals surface area contributed by atoms with E-state index in [1.54, 1.807) is 23.6 Å². The molecule has 0 bridgehead atoms. The fourth-order valence-corrected chi connectivity index (χ4v) is 3.61. The summed E-state index contributed by atoms with van der Waals surface area (Å²) < 4.78 is 18.6. The lowest BCUT2D eigenvalue weighted by Crippen LogP contribution is -2.02. The Morgan fingerprint density at radius 2 is 2.10 bits per heavy atom. The summed E-state index contributed by atoms with van der Waals surface area (Å²) in [5.41, 5.74) is 1.53. The van der Waals surface area contributed by atoms with Gasteiger partial charge < -0.3 is 9.73 Å². The molecule has 0 spiro atoms. The molecule has 0 fully saturated rings. The molecule has 5 nitrogen and oxygen atoms in total. The Labute approximate surface area is 173 Å². The van der Waals surface area contributed by atoms with Gasteiger partial charge in [-0.1, -0.05) is 29.8 Å². The molecule has 29 heavy (non-hydrogen) atoms. The van der Waals surface area contributed by atoms with Crippen LogP contribution < -0.4 is 10.9 Å². The number of nitrogens with zero attached hydrogens (tertiary/aromatic N) is 2. The molecule has 4 rings (SSSR count). The number of hydrogen-bond donors (Lipinski definition) is 1. The molecule has 0 saturated carbocycles. The normalized spacial score (nSPS) is 11.4. The van der Waals surface area contributed by atoms with Crippen molar-refractivity contribution < 1.29 is 8.81 Å². The van der Waals surface area contributed by atoms with Gasteiger partial charge in [0.05, 0.1) is 16.3 Å². The molecular formula is C21H11ClFN3O2S. The summed E-state index contributed by atoms with van der Waals surface area (Å²) in [7, 11) is 0. The molecule has 4 aromatic rings. The molecule has 2 aromatic carbocycles. The molecule has 2 heterocycles. The minimum Gasteiger partial charge on any atom is -0.422 e. The number of rotatable bonds is 4. The summed E-state index contributed by atoms with van der Waals surface area (Å²) in [6.07, 6.45) is 1.45. The fourth-order valence-electron chi connectivity index (χ4n) is 2.64. The van der Waals surface area contributed by atoms with E-state index in [4.69, 9.17) is 16.0 Å². The highest BCUT2D eigenvalue weighted by Gasteiger charge is 2.13. The van der Waals surface area contributed by atoms with Gasteiger partial charge in [0.2, 0.25) is 0 Å². The van der Waals surface area contributed by atoms with E-state index in [1.165, 1.54) is 35.7 Å². The van der Waals surface area contributed by atoms with Crippen LogP contribution >= 0.6 is 22.9 Å². The van der Waals surface area contributed by atoms with E-state index < -0.39 is 11.4 Å². The average Bonchev–Trinajstić information content (AvgIpc) is 3.20. The molecule has 142 valence electrons. The third-order valence-electron chi connectivity index (χ3n) is 4.08. The number of fused-ring (bicyclic) bond motifs is 1. The number of anilines is 1. The molecule has 0 saturated heterocycles. The van der Waals surface area contributed by atoms with Gasteiger partial charge in [0.25, 0.3) is 0 Å². The summed E-state index contributed by atoms with van der Waals surface area (Å²) in [5, 5.41) is 15.2. The lowest BCUT2D eigenvalue weighted by Gasteiger charge is -2.02. The standard InChI is InChI=1S/C21H11ClFN3O2S/c22-16-8-14(5-6-17(16)23)25-10-13(9-24)20-26-18(11-29-20)15-7-12-3-1-2-4-19(12)28-21(15)27/h1-8,10-11,25H. The maximum Gasteiger partial charge on any atom is 0.345 e. The summed E-state index contributed by atoms with van der Waals surface area (Å²) in [6.45, 7) is 0. The molecule has 0 aliphatic rings. The van der Waals surface area contributed by atoms with Gasteiger partial charge in [-0.3, -0.25) is 0 Å². The second-order valence-corrected chi connectivity index (χ2v) is 7.23. The summed E-state index contributed by atoms with van der Waals surface area (Å²) in [6, 6.07) is 15.1. The highest BCUT2D eigenvalue weighted by molar-refractivity contribution is 7.11. The first-order chi connectivity index (χ1) is 14.0. The second-order valence-electron chi connectivity index (χ2n) is 5.97. The molecule has 0 radical (unpaired) electrons. The van der Waals surface area contributed by atoms with Gasteiger partial charge in [-0.05, 0) is 30.3 Å². The van der Waals surface area contributed by atoms with Gasteiger partial charge in [0, 0.05) is 22.7 Å². The molecule has 0 aliphatic carbocycles. The Hall–Kier alpha value is -3.47. The number of nitriles is 1. The van der Waals surface area contributed by atoms with Crippen molar-refractivity contribution in [3.8, 4) is 17.3 Å². The molecule has 0 aliphatic heterocycles. The van der Waals surface area contributed by atoms with Crippen molar-refractivity contribution >= 4 is 45.2 Å². The van der Waals surface area contributed by atoms with E-state index in [9.17, 15) is 14.4 Å². The predicted octanol–water partition coefficient (Wildman–Crippen LogP) is 5.69. The van der Waals surface area contributed by atoms with Crippen LogP contribution in [0.25, 0.3) is 27.8 Å². The Kier molecular flexibility index (Phi) is 5.12. The number of allylic oxidation sites excluding steroid dienone is 1. The molecule has 8 heteroatoms. The van der Waals surface area contributed by atoms with Crippen molar-refractivity contribution in [3.05, 3.63) is 86.4 Å². The lowest BCUT2D eigenvalue weighted by atomic mass is 10.1. The molecule has 1 N–H and O–H groups in total. The summed E-state index contributed by atoms with van der Waals surface area (Å²) >= 11 is 6.98. The third kappa shape index (κ3) is 3.90. The van der Waals surface area contributed by atoms with Crippen LogP contribution in [0.1, 0.15) is 5.01 Å². The molecule has 0 amide bonds. The van der Waals surface area contributed by atoms with E-state index in [2.05, 4.69) is 16.4 Å². The number of hydrogen-bond acceptors (Lipinski definition) is 6. The van der Waals surface area contributed by atoms with E-state index in [-0.39, 0.29) is 10.6 Å². The van der Waals surface area contributed by atoms with Crippen LogP contribution in [0.15, 0.2) is 69.3 Å². The van der Waals surface area contributed by atoms with E-state index >= 15 is 0 Å². The maximum atomic E-state index is 13.3. The van der Waals surface area contributed by atoms with Crippen molar-refractivity contribution in [2.45, 2.75) is 0 Å². The van der Waals surface area contributed by atoms with Crippen LogP contribution in [-0.4, -0.2) is 4.98 Å². The number of thiazole rings is 1. The van der Waals surface area contributed by atoms with Crippen LogP contribution in [0.2, 0.25) is 5.02 Å². The first-order valence-electron chi connectivity index (χ1n) is 8.36. The van der Waals surface area contributed by atoms with Crippen LogP contribution in [0.4, 0.5) is 10.1 Å². The number of halogens is 2. The van der Waals surface area contributed by atoms with Crippen LogP contribution in [0.3, 0.4) is 0 Å². The van der Waals surface area contributed by atoms with Gasteiger partial charge in [-0.25, -0.2) is 14.2 Å². The largest absolute Gasteiger partial charge is 0.422 e. The van der Waals surface area contributed by atoms with E-state index in [1.807, 2.05) is 12.1 Å². The molecular weight excluding hydrogens is 413 g/mol. The molecule has 0 unspecified atom stereocenters. The Morgan fingerprint density at radius 1 is 1.28 bits per heavy atom. The Morgan fingerprint density at radius 3 is 2.90 bits per heavy atom. The van der Waals surface area contributed by atoms with E-state index in [0.717, 1.165) is 5.39 Å². The highest BCUT2D eigenvalue weighted by atomic mass is 35.5. The topological polar surface area (TPSA) is 78.9 Å². The third-order valence-corrected chi connectivity index (χ3v) is 5.24. The number of benzene rings is 2. The fraction of sp³-hybridized carbons (Fsp3) is 0. The minimum absolute atomic E-state index is 0.0264. The summed E-state index contributed by atoms with van der Waals surface area (Å²) in [4.78, 5) is 16.7. The average molecular weight is 424 g/mol.